The van der Waals surface area contributed by atoms with Crippen LogP contribution in [0.3, 0.4) is 0 Å². The summed E-state index contributed by atoms with van der Waals surface area (Å²) in [5, 5.41) is 5.98. The van der Waals surface area contributed by atoms with E-state index >= 15 is 0 Å². The van der Waals surface area contributed by atoms with Crippen molar-refractivity contribution in [3.8, 4) is 5.75 Å². The molecule has 2 aromatic rings. The molecule has 0 saturated carbocycles. The van der Waals surface area contributed by atoms with Crippen molar-refractivity contribution in [3.63, 3.8) is 0 Å². The highest BCUT2D eigenvalue weighted by Crippen LogP contribution is 2.17. The summed E-state index contributed by atoms with van der Waals surface area (Å²) in [5.74, 6) is 0.701. The average molecular weight is 367 g/mol. The van der Waals surface area contributed by atoms with Gasteiger partial charge in [-0.25, -0.2) is 4.79 Å². The lowest BCUT2D eigenvalue weighted by atomic mass is 10.0. The fourth-order valence-electron chi connectivity index (χ4n) is 3.19. The molecule has 0 spiro atoms. The monoisotopic (exact) mass is 367 g/mol. The smallest absolute Gasteiger partial charge is 0.321 e. The van der Waals surface area contributed by atoms with Gasteiger partial charge in [0.05, 0.1) is 7.11 Å². The maximum absolute atomic E-state index is 12.4. The molecule has 1 heterocycles. The predicted octanol–water partition coefficient (Wildman–Crippen LogP) is 3.43. The fourth-order valence-corrected chi connectivity index (χ4v) is 3.19. The lowest BCUT2D eigenvalue weighted by molar-refractivity contribution is 0.0918. The van der Waals surface area contributed by atoms with E-state index in [1.165, 1.54) is 0 Å². The number of rotatable bonds is 4. The van der Waals surface area contributed by atoms with Gasteiger partial charge >= 0.3 is 6.03 Å². The Morgan fingerprint density at radius 2 is 1.70 bits per heavy atom. The molecule has 6 heteroatoms. The second kappa shape index (κ2) is 8.58. The summed E-state index contributed by atoms with van der Waals surface area (Å²) in [5.41, 5.74) is 2.40. The Hall–Kier alpha value is -3.02. The number of carbonyl (C=O) groups is 2. The third-order valence-corrected chi connectivity index (χ3v) is 4.85. The first-order chi connectivity index (χ1) is 13.1. The molecule has 3 amide bonds. The van der Waals surface area contributed by atoms with Gasteiger partial charge in [-0.05, 0) is 55.7 Å². The number of aryl methyl sites for hydroxylation is 1. The van der Waals surface area contributed by atoms with Crippen molar-refractivity contribution < 1.29 is 14.3 Å². The molecule has 6 nitrogen and oxygen atoms in total. The second-order valence-electron chi connectivity index (χ2n) is 6.71. The van der Waals surface area contributed by atoms with Gasteiger partial charge in [-0.3, -0.25) is 4.79 Å². The van der Waals surface area contributed by atoms with Gasteiger partial charge in [0.1, 0.15) is 5.75 Å². The van der Waals surface area contributed by atoms with Crippen molar-refractivity contribution in [2.24, 2.45) is 0 Å². The van der Waals surface area contributed by atoms with Crippen molar-refractivity contribution in [1.82, 2.24) is 10.2 Å². The Balaban J connectivity index is 1.48. The van der Waals surface area contributed by atoms with E-state index in [2.05, 4.69) is 10.6 Å². The topological polar surface area (TPSA) is 70.7 Å². The van der Waals surface area contributed by atoms with E-state index in [1.807, 2.05) is 55.5 Å². The molecular weight excluding hydrogens is 342 g/mol. The Bertz CT molecular complexity index is 797. The zero-order valence-corrected chi connectivity index (χ0v) is 15.7. The minimum Gasteiger partial charge on any atom is -0.497 e. The standard InChI is InChI=1S/C21H25N3O3/c1-15-5-3-4-6-19(15)20(25)22-17-11-13-24(14-12-17)21(26)23-16-7-9-18(27-2)10-8-16/h3-10,17H,11-14H2,1-2H3,(H,22,25)(H,23,26). The van der Waals surface area contributed by atoms with Gasteiger partial charge in [0.25, 0.3) is 5.91 Å². The van der Waals surface area contributed by atoms with E-state index in [0.29, 0.717) is 18.7 Å². The van der Waals surface area contributed by atoms with Crippen molar-refractivity contribution in [2.45, 2.75) is 25.8 Å². The quantitative estimate of drug-likeness (QED) is 0.870. The highest BCUT2D eigenvalue weighted by molar-refractivity contribution is 5.95. The van der Waals surface area contributed by atoms with Crippen LogP contribution in [0.15, 0.2) is 48.5 Å². The van der Waals surface area contributed by atoms with Crippen LogP contribution >= 0.6 is 0 Å². The highest BCUT2D eigenvalue weighted by Gasteiger charge is 2.24. The zero-order valence-electron chi connectivity index (χ0n) is 15.7. The molecule has 1 saturated heterocycles. The molecule has 2 N–H and O–H groups in total. The highest BCUT2D eigenvalue weighted by atomic mass is 16.5. The number of amides is 3. The molecule has 3 rings (SSSR count). The molecule has 1 fully saturated rings. The van der Waals surface area contributed by atoms with E-state index in [-0.39, 0.29) is 18.0 Å². The van der Waals surface area contributed by atoms with Crippen LogP contribution in [0.4, 0.5) is 10.5 Å². The molecule has 0 unspecified atom stereocenters. The molecule has 0 atom stereocenters. The van der Waals surface area contributed by atoms with Crippen molar-refractivity contribution in [1.29, 1.82) is 0 Å². The summed E-state index contributed by atoms with van der Waals surface area (Å²) in [6, 6.07) is 14.8. The molecule has 142 valence electrons. The number of methoxy groups -OCH3 is 1. The maximum Gasteiger partial charge on any atom is 0.321 e. The summed E-state index contributed by atoms with van der Waals surface area (Å²) in [4.78, 5) is 26.6. The number of piperidine rings is 1. The number of nitrogens with zero attached hydrogens (tertiary/aromatic N) is 1. The largest absolute Gasteiger partial charge is 0.497 e. The summed E-state index contributed by atoms with van der Waals surface area (Å²) >= 11 is 0. The van der Waals surface area contributed by atoms with Crippen LogP contribution in [-0.4, -0.2) is 43.1 Å². The third kappa shape index (κ3) is 4.78. The number of ether oxygens (including phenoxy) is 1. The first-order valence-electron chi connectivity index (χ1n) is 9.13. The van der Waals surface area contributed by atoms with E-state index in [9.17, 15) is 9.59 Å². The Morgan fingerprint density at radius 3 is 2.33 bits per heavy atom. The molecule has 0 aromatic heterocycles. The van der Waals surface area contributed by atoms with Crippen LogP contribution in [0.1, 0.15) is 28.8 Å². The van der Waals surface area contributed by atoms with Crippen LogP contribution in [0.2, 0.25) is 0 Å². The first kappa shape index (κ1) is 18.8. The number of carbonyl (C=O) groups excluding carboxylic acids is 2. The molecule has 0 aliphatic carbocycles. The molecule has 0 radical (unpaired) electrons. The average Bonchev–Trinajstić information content (AvgIpc) is 2.69. The molecule has 1 aliphatic heterocycles. The number of urea groups is 1. The number of hydrogen-bond donors (Lipinski definition) is 2. The number of benzene rings is 2. The van der Waals surface area contributed by atoms with Gasteiger partial charge in [-0.1, -0.05) is 18.2 Å². The predicted molar refractivity (Wildman–Crippen MR) is 105 cm³/mol. The minimum atomic E-state index is -0.121. The van der Waals surface area contributed by atoms with Gasteiger partial charge in [-0.15, -0.1) is 0 Å². The van der Waals surface area contributed by atoms with Gasteiger partial charge in [0.2, 0.25) is 0 Å². The van der Waals surface area contributed by atoms with Crippen LogP contribution in [0.5, 0.6) is 5.75 Å². The Labute approximate surface area is 159 Å². The van der Waals surface area contributed by atoms with E-state index in [0.717, 1.165) is 29.8 Å². The molecule has 27 heavy (non-hydrogen) atoms. The van der Waals surface area contributed by atoms with Gasteiger partial charge in [0, 0.05) is 30.4 Å². The molecule has 2 aromatic carbocycles. The first-order valence-corrected chi connectivity index (χ1v) is 9.13. The van der Waals surface area contributed by atoms with Crippen molar-refractivity contribution >= 4 is 17.6 Å². The number of likely N-dealkylation sites (tertiary alicyclic amines) is 1. The normalized spacial score (nSPS) is 14.5. The van der Waals surface area contributed by atoms with E-state index in [1.54, 1.807) is 12.0 Å². The van der Waals surface area contributed by atoms with E-state index in [4.69, 9.17) is 4.74 Å². The van der Waals surface area contributed by atoms with Crippen LogP contribution in [0, 0.1) is 6.92 Å². The van der Waals surface area contributed by atoms with Crippen LogP contribution in [-0.2, 0) is 0 Å². The van der Waals surface area contributed by atoms with Crippen molar-refractivity contribution in [3.05, 3.63) is 59.7 Å². The van der Waals surface area contributed by atoms with Gasteiger partial charge in [-0.2, -0.15) is 0 Å². The minimum absolute atomic E-state index is 0.0470. The van der Waals surface area contributed by atoms with Crippen LogP contribution in [0.25, 0.3) is 0 Å². The zero-order chi connectivity index (χ0) is 19.2. The lowest BCUT2D eigenvalue weighted by Crippen LogP contribution is -2.47. The van der Waals surface area contributed by atoms with Crippen LogP contribution < -0.4 is 15.4 Å². The van der Waals surface area contributed by atoms with E-state index < -0.39 is 0 Å². The number of hydrogen-bond acceptors (Lipinski definition) is 3. The fraction of sp³-hybridized carbons (Fsp3) is 0.333. The Morgan fingerprint density at radius 1 is 1.04 bits per heavy atom. The summed E-state index contributed by atoms with van der Waals surface area (Å²) in [6.07, 6.45) is 1.49. The lowest BCUT2D eigenvalue weighted by Gasteiger charge is -2.32. The van der Waals surface area contributed by atoms with Crippen molar-refractivity contribution in [2.75, 3.05) is 25.5 Å². The van der Waals surface area contributed by atoms with Gasteiger partial charge in [0.15, 0.2) is 0 Å². The number of anilines is 1. The summed E-state index contributed by atoms with van der Waals surface area (Å²) in [6.45, 7) is 3.16. The Kier molecular flexibility index (Phi) is 5.96. The maximum atomic E-state index is 12.4. The summed E-state index contributed by atoms with van der Waals surface area (Å²) < 4.78 is 5.12. The molecular formula is C21H25N3O3. The third-order valence-electron chi connectivity index (χ3n) is 4.85. The molecule has 0 bridgehead atoms. The summed E-state index contributed by atoms with van der Waals surface area (Å²) in [7, 11) is 1.61. The SMILES string of the molecule is COc1ccc(NC(=O)N2CCC(NC(=O)c3ccccc3C)CC2)cc1. The second-order valence-corrected chi connectivity index (χ2v) is 6.71. The van der Waals surface area contributed by atoms with Gasteiger partial charge < -0.3 is 20.3 Å². The number of nitrogens with one attached hydrogen (secondary N) is 2. The molecule has 1 aliphatic rings.